The van der Waals surface area contributed by atoms with Crippen molar-refractivity contribution in [3.63, 3.8) is 0 Å². The highest BCUT2D eigenvalue weighted by atomic mass is 79.9. The largest absolute Gasteiger partial charge is 0.378 e. The third-order valence-corrected chi connectivity index (χ3v) is 3.13. The SMILES string of the molecule is O=[N+]([O-])c1ccc(Br)cc1CNc1cc(F)ccc1F. The van der Waals surface area contributed by atoms with Crippen LogP contribution in [0.1, 0.15) is 5.56 Å². The number of rotatable bonds is 4. The van der Waals surface area contributed by atoms with Crippen molar-refractivity contribution in [2.24, 2.45) is 0 Å². The van der Waals surface area contributed by atoms with E-state index < -0.39 is 16.6 Å². The summed E-state index contributed by atoms with van der Waals surface area (Å²) in [5.74, 6) is -1.21. The topological polar surface area (TPSA) is 55.2 Å². The average Bonchev–Trinajstić information content (AvgIpc) is 2.39. The van der Waals surface area contributed by atoms with E-state index in [9.17, 15) is 18.9 Å². The maximum Gasteiger partial charge on any atom is 0.274 e. The van der Waals surface area contributed by atoms with Gasteiger partial charge in [0.1, 0.15) is 11.6 Å². The van der Waals surface area contributed by atoms with Gasteiger partial charge in [-0.1, -0.05) is 15.9 Å². The van der Waals surface area contributed by atoms with E-state index >= 15 is 0 Å². The van der Waals surface area contributed by atoms with Gasteiger partial charge in [-0.25, -0.2) is 8.78 Å². The van der Waals surface area contributed by atoms with Crippen LogP contribution < -0.4 is 5.32 Å². The Morgan fingerprint density at radius 3 is 2.65 bits per heavy atom. The summed E-state index contributed by atoms with van der Waals surface area (Å²) in [5, 5.41) is 13.5. The molecule has 0 bridgehead atoms. The smallest absolute Gasteiger partial charge is 0.274 e. The second kappa shape index (κ2) is 5.96. The van der Waals surface area contributed by atoms with Gasteiger partial charge in [0.15, 0.2) is 0 Å². The number of benzene rings is 2. The molecule has 2 aromatic carbocycles. The van der Waals surface area contributed by atoms with Crippen molar-refractivity contribution >= 4 is 27.3 Å². The Morgan fingerprint density at radius 1 is 1.20 bits per heavy atom. The van der Waals surface area contributed by atoms with E-state index in [1.165, 1.54) is 6.07 Å². The lowest BCUT2D eigenvalue weighted by atomic mass is 10.1. The summed E-state index contributed by atoms with van der Waals surface area (Å²) >= 11 is 3.21. The van der Waals surface area contributed by atoms with E-state index in [2.05, 4.69) is 21.2 Å². The lowest BCUT2D eigenvalue weighted by Crippen LogP contribution is -2.05. The molecule has 1 N–H and O–H groups in total. The molecule has 2 aromatic rings. The van der Waals surface area contributed by atoms with Gasteiger partial charge in [0, 0.05) is 22.6 Å². The molecule has 0 heterocycles. The molecule has 0 saturated heterocycles. The summed E-state index contributed by atoms with van der Waals surface area (Å²) in [6.07, 6.45) is 0. The number of nitro benzene ring substituents is 1. The van der Waals surface area contributed by atoms with E-state index in [4.69, 9.17) is 0 Å². The van der Waals surface area contributed by atoms with Crippen LogP contribution in [0, 0.1) is 21.7 Å². The quantitative estimate of drug-likeness (QED) is 0.667. The number of nitro groups is 1. The Labute approximate surface area is 121 Å². The molecule has 104 valence electrons. The van der Waals surface area contributed by atoms with E-state index in [0.29, 0.717) is 10.0 Å². The number of nitrogens with one attached hydrogen (secondary N) is 1. The van der Waals surface area contributed by atoms with Crippen molar-refractivity contribution in [3.8, 4) is 0 Å². The molecule has 0 aliphatic carbocycles. The summed E-state index contributed by atoms with van der Waals surface area (Å²) in [6.45, 7) is 0.0100. The zero-order valence-corrected chi connectivity index (χ0v) is 11.7. The van der Waals surface area contributed by atoms with Crippen molar-refractivity contribution in [2.75, 3.05) is 5.32 Å². The second-order valence-electron chi connectivity index (χ2n) is 4.01. The molecule has 0 radical (unpaired) electrons. The van der Waals surface area contributed by atoms with Crippen LogP contribution in [-0.4, -0.2) is 4.92 Å². The van der Waals surface area contributed by atoms with Gasteiger partial charge >= 0.3 is 0 Å². The summed E-state index contributed by atoms with van der Waals surface area (Å²) < 4.78 is 27.1. The first-order valence-electron chi connectivity index (χ1n) is 5.59. The van der Waals surface area contributed by atoms with Gasteiger partial charge in [-0.05, 0) is 30.3 Å². The van der Waals surface area contributed by atoms with Crippen LogP contribution in [0.4, 0.5) is 20.2 Å². The van der Waals surface area contributed by atoms with Crippen molar-refractivity contribution in [1.29, 1.82) is 0 Å². The molecule has 2 rings (SSSR count). The monoisotopic (exact) mass is 342 g/mol. The first-order chi connectivity index (χ1) is 9.47. The normalized spacial score (nSPS) is 10.3. The zero-order valence-electron chi connectivity index (χ0n) is 10.1. The van der Waals surface area contributed by atoms with E-state index in [-0.39, 0.29) is 17.9 Å². The molecule has 0 spiro atoms. The summed E-state index contributed by atoms with van der Waals surface area (Å²) in [4.78, 5) is 10.4. The molecule has 20 heavy (non-hydrogen) atoms. The van der Waals surface area contributed by atoms with Gasteiger partial charge in [0.25, 0.3) is 5.69 Å². The summed E-state index contributed by atoms with van der Waals surface area (Å²) in [6, 6.07) is 7.45. The van der Waals surface area contributed by atoms with Crippen LogP contribution in [0.25, 0.3) is 0 Å². The minimum absolute atomic E-state index is 0.0100. The summed E-state index contributed by atoms with van der Waals surface area (Å²) in [5.41, 5.74) is 0.241. The van der Waals surface area contributed by atoms with Crippen LogP contribution in [0.15, 0.2) is 40.9 Å². The van der Waals surface area contributed by atoms with E-state index in [1.807, 2.05) is 0 Å². The zero-order chi connectivity index (χ0) is 14.7. The lowest BCUT2D eigenvalue weighted by Gasteiger charge is -2.08. The Kier molecular flexibility index (Phi) is 4.29. The molecule has 0 atom stereocenters. The van der Waals surface area contributed by atoms with Gasteiger partial charge in [0.2, 0.25) is 0 Å². The predicted molar refractivity (Wildman–Crippen MR) is 74.5 cm³/mol. The number of nitrogens with zero attached hydrogens (tertiary/aromatic N) is 1. The number of hydrogen-bond acceptors (Lipinski definition) is 3. The molecule has 0 amide bonds. The van der Waals surface area contributed by atoms with Crippen molar-refractivity contribution < 1.29 is 13.7 Å². The van der Waals surface area contributed by atoms with Gasteiger partial charge < -0.3 is 5.32 Å². The molecule has 7 heteroatoms. The molecule has 0 saturated carbocycles. The van der Waals surface area contributed by atoms with Crippen LogP contribution >= 0.6 is 15.9 Å². The molecule has 0 unspecified atom stereocenters. The average molecular weight is 343 g/mol. The molecule has 0 aliphatic heterocycles. The van der Waals surface area contributed by atoms with Crippen LogP contribution in [0.2, 0.25) is 0 Å². The molecular weight excluding hydrogens is 334 g/mol. The minimum Gasteiger partial charge on any atom is -0.378 e. The number of hydrogen-bond donors (Lipinski definition) is 1. The third-order valence-electron chi connectivity index (χ3n) is 2.64. The van der Waals surface area contributed by atoms with Crippen LogP contribution in [0.3, 0.4) is 0 Å². The number of anilines is 1. The fourth-order valence-corrected chi connectivity index (χ4v) is 2.11. The summed E-state index contributed by atoms with van der Waals surface area (Å²) in [7, 11) is 0. The Bertz CT molecular complexity index is 665. The Balaban J connectivity index is 2.24. The lowest BCUT2D eigenvalue weighted by molar-refractivity contribution is -0.385. The molecule has 0 fully saturated rings. The van der Waals surface area contributed by atoms with Gasteiger partial charge in [-0.2, -0.15) is 0 Å². The highest BCUT2D eigenvalue weighted by Gasteiger charge is 2.14. The van der Waals surface area contributed by atoms with Crippen molar-refractivity contribution in [2.45, 2.75) is 6.54 Å². The molecule has 0 aliphatic rings. The van der Waals surface area contributed by atoms with E-state index in [1.54, 1.807) is 12.1 Å². The highest BCUT2D eigenvalue weighted by Crippen LogP contribution is 2.24. The van der Waals surface area contributed by atoms with Gasteiger partial charge in [-0.3, -0.25) is 10.1 Å². The number of halogens is 3. The fourth-order valence-electron chi connectivity index (χ4n) is 1.70. The van der Waals surface area contributed by atoms with Crippen LogP contribution in [-0.2, 0) is 6.54 Å². The van der Waals surface area contributed by atoms with E-state index in [0.717, 1.165) is 18.2 Å². The first kappa shape index (κ1) is 14.4. The van der Waals surface area contributed by atoms with Crippen LogP contribution in [0.5, 0.6) is 0 Å². The van der Waals surface area contributed by atoms with Gasteiger partial charge in [-0.15, -0.1) is 0 Å². The maximum absolute atomic E-state index is 13.4. The second-order valence-corrected chi connectivity index (χ2v) is 4.92. The predicted octanol–water partition coefficient (Wildman–Crippen LogP) is 4.25. The highest BCUT2D eigenvalue weighted by molar-refractivity contribution is 9.10. The molecular formula is C13H9BrF2N2O2. The van der Waals surface area contributed by atoms with Gasteiger partial charge in [0.05, 0.1) is 10.6 Å². The first-order valence-corrected chi connectivity index (χ1v) is 6.38. The fraction of sp³-hybridized carbons (Fsp3) is 0.0769. The molecule has 4 nitrogen and oxygen atoms in total. The standard InChI is InChI=1S/C13H9BrF2N2O2/c14-9-1-4-13(18(19)20)8(5-9)7-17-12-6-10(15)2-3-11(12)16/h1-6,17H,7H2. The Hall–Kier alpha value is -2.02. The van der Waals surface area contributed by atoms with Crippen molar-refractivity contribution in [3.05, 3.63) is 68.2 Å². The molecule has 0 aromatic heterocycles. The Morgan fingerprint density at radius 2 is 1.95 bits per heavy atom. The van der Waals surface area contributed by atoms with Crippen molar-refractivity contribution in [1.82, 2.24) is 0 Å². The minimum atomic E-state index is -0.621. The maximum atomic E-state index is 13.4. The third kappa shape index (κ3) is 3.30.